The largest absolute Gasteiger partial charge is 0.452 e. The number of rotatable bonds is 7. The van der Waals surface area contributed by atoms with E-state index in [1.165, 1.54) is 34.6 Å². The summed E-state index contributed by atoms with van der Waals surface area (Å²) in [6.45, 7) is 3.37. The summed E-state index contributed by atoms with van der Waals surface area (Å²) >= 11 is 1.10. The molecule has 12 heteroatoms. The molecule has 172 valence electrons. The fraction of sp³-hybridized carbons (Fsp3) is 0.350. The summed E-state index contributed by atoms with van der Waals surface area (Å²) in [6.07, 6.45) is -0.503. The van der Waals surface area contributed by atoms with Crippen LogP contribution in [0, 0.1) is 0 Å². The zero-order chi connectivity index (χ0) is 23.5. The molecule has 1 saturated heterocycles. The van der Waals surface area contributed by atoms with Crippen LogP contribution in [0.1, 0.15) is 34.6 Å². The number of nitrogens with one attached hydrogen (secondary N) is 1. The lowest BCUT2D eigenvalue weighted by Gasteiger charge is -2.34. The van der Waals surface area contributed by atoms with Gasteiger partial charge in [0, 0.05) is 13.1 Å². The van der Waals surface area contributed by atoms with E-state index in [0.717, 1.165) is 11.3 Å². The third-order valence-corrected chi connectivity index (χ3v) is 7.27. The molecule has 2 unspecified atom stereocenters. The Morgan fingerprint density at radius 3 is 2.56 bits per heavy atom. The Labute approximate surface area is 189 Å². The molecule has 1 aromatic carbocycles. The van der Waals surface area contributed by atoms with Crippen LogP contribution < -0.4 is 11.1 Å². The number of carbonyl (C=O) groups excluding carboxylic acids is 3. The van der Waals surface area contributed by atoms with Crippen molar-refractivity contribution in [3.8, 4) is 0 Å². The third kappa shape index (κ3) is 5.51. The van der Waals surface area contributed by atoms with Crippen molar-refractivity contribution in [1.29, 1.82) is 0 Å². The molecule has 2 amide bonds. The Morgan fingerprint density at radius 2 is 1.91 bits per heavy atom. The molecule has 3 rings (SSSR count). The minimum atomic E-state index is -3.84. The summed E-state index contributed by atoms with van der Waals surface area (Å²) in [4.78, 5) is 35.7. The van der Waals surface area contributed by atoms with Gasteiger partial charge in [0.15, 0.2) is 6.61 Å². The predicted octanol–water partition coefficient (Wildman–Crippen LogP) is 1.44. The van der Waals surface area contributed by atoms with Crippen molar-refractivity contribution in [3.63, 3.8) is 0 Å². The number of morpholine rings is 1. The summed E-state index contributed by atoms with van der Waals surface area (Å²) in [5.41, 5.74) is 5.36. The van der Waals surface area contributed by atoms with E-state index in [1.54, 1.807) is 19.2 Å². The first-order chi connectivity index (χ1) is 15.1. The van der Waals surface area contributed by atoms with E-state index < -0.39 is 34.4 Å². The number of nitrogens with two attached hydrogens (primary N) is 1. The highest BCUT2D eigenvalue weighted by Crippen LogP contribution is 2.23. The van der Waals surface area contributed by atoms with Gasteiger partial charge < -0.3 is 20.5 Å². The summed E-state index contributed by atoms with van der Waals surface area (Å²) in [6, 6.07) is 6.91. The fourth-order valence-electron chi connectivity index (χ4n) is 3.24. The molecular weight excluding hydrogens is 458 g/mol. The SMILES string of the molecule is CC1CN(S(=O)(=O)c2cccc(C(=O)OCC(=O)Nc3sccc3C(N)=O)c2)CC(C)O1. The molecular formula is C20H23N3O7S2. The molecule has 0 spiro atoms. The summed E-state index contributed by atoms with van der Waals surface area (Å²) in [5, 5.41) is 4.29. The number of thiophene rings is 1. The molecule has 0 saturated carbocycles. The van der Waals surface area contributed by atoms with E-state index in [1.807, 2.05) is 0 Å². The first-order valence-electron chi connectivity index (χ1n) is 9.68. The van der Waals surface area contributed by atoms with E-state index in [4.69, 9.17) is 15.2 Å². The van der Waals surface area contributed by atoms with Gasteiger partial charge in [-0.25, -0.2) is 13.2 Å². The lowest BCUT2D eigenvalue weighted by molar-refractivity contribution is -0.119. The highest BCUT2D eigenvalue weighted by molar-refractivity contribution is 7.89. The summed E-state index contributed by atoms with van der Waals surface area (Å²) in [5.74, 6) is -2.22. The Bertz CT molecular complexity index is 1120. The zero-order valence-electron chi connectivity index (χ0n) is 17.4. The molecule has 32 heavy (non-hydrogen) atoms. The molecule has 2 atom stereocenters. The summed E-state index contributed by atoms with van der Waals surface area (Å²) in [7, 11) is -3.84. The van der Waals surface area contributed by atoms with Gasteiger partial charge in [0.1, 0.15) is 5.00 Å². The highest BCUT2D eigenvalue weighted by atomic mass is 32.2. The number of hydrogen-bond donors (Lipinski definition) is 2. The van der Waals surface area contributed by atoms with Crippen LogP contribution in [0.15, 0.2) is 40.6 Å². The standard InChI is InChI=1S/C20H23N3O7S2/c1-12-9-23(10-13(2)30-12)32(27,28)15-5-3-4-14(8-15)20(26)29-11-17(24)22-19-16(18(21)25)6-7-31-19/h3-8,12-13H,9-11H2,1-2H3,(H2,21,25)(H,22,24). The number of primary amides is 1. The van der Waals surface area contributed by atoms with Crippen LogP contribution in [0.4, 0.5) is 5.00 Å². The van der Waals surface area contributed by atoms with Crippen molar-refractivity contribution < 1.29 is 32.3 Å². The average Bonchev–Trinajstić information content (AvgIpc) is 3.19. The maximum absolute atomic E-state index is 13.0. The Balaban J connectivity index is 1.65. The zero-order valence-corrected chi connectivity index (χ0v) is 19.1. The van der Waals surface area contributed by atoms with Crippen LogP contribution in [0.2, 0.25) is 0 Å². The minimum absolute atomic E-state index is 0.0119. The van der Waals surface area contributed by atoms with Crippen LogP contribution in [-0.4, -0.2) is 62.4 Å². The monoisotopic (exact) mass is 481 g/mol. The maximum atomic E-state index is 13.0. The van der Waals surface area contributed by atoms with Gasteiger partial charge in [-0.15, -0.1) is 11.3 Å². The van der Waals surface area contributed by atoms with E-state index in [0.29, 0.717) is 0 Å². The number of benzene rings is 1. The molecule has 0 radical (unpaired) electrons. The second kappa shape index (κ2) is 9.77. The molecule has 10 nitrogen and oxygen atoms in total. The normalized spacial score (nSPS) is 19.3. The molecule has 2 aromatic rings. The molecule has 2 heterocycles. The Morgan fingerprint density at radius 1 is 1.22 bits per heavy atom. The number of anilines is 1. The molecule has 3 N–H and O–H groups in total. The van der Waals surface area contributed by atoms with Crippen LogP contribution in [0.25, 0.3) is 0 Å². The van der Waals surface area contributed by atoms with E-state index in [-0.39, 0.29) is 46.3 Å². The van der Waals surface area contributed by atoms with Crippen LogP contribution >= 0.6 is 11.3 Å². The molecule has 0 bridgehead atoms. The van der Waals surface area contributed by atoms with Crippen molar-refractivity contribution in [3.05, 3.63) is 46.8 Å². The molecule has 1 aliphatic heterocycles. The van der Waals surface area contributed by atoms with Gasteiger partial charge in [0.25, 0.3) is 11.8 Å². The number of nitrogens with zero attached hydrogens (tertiary/aromatic N) is 1. The third-order valence-electron chi connectivity index (χ3n) is 4.61. The lowest BCUT2D eigenvalue weighted by Crippen LogP contribution is -2.48. The number of sulfonamides is 1. The van der Waals surface area contributed by atoms with Crippen LogP contribution in [0.5, 0.6) is 0 Å². The van der Waals surface area contributed by atoms with Crippen LogP contribution in [-0.2, 0) is 24.3 Å². The van der Waals surface area contributed by atoms with Gasteiger partial charge in [0.05, 0.1) is 28.2 Å². The second-order valence-electron chi connectivity index (χ2n) is 7.26. The predicted molar refractivity (Wildman–Crippen MR) is 117 cm³/mol. The van der Waals surface area contributed by atoms with Crippen molar-refractivity contribution in [2.75, 3.05) is 25.0 Å². The van der Waals surface area contributed by atoms with E-state index >= 15 is 0 Å². The minimum Gasteiger partial charge on any atom is -0.452 e. The quantitative estimate of drug-likeness (QED) is 0.569. The van der Waals surface area contributed by atoms with Gasteiger partial charge >= 0.3 is 5.97 Å². The van der Waals surface area contributed by atoms with Gasteiger partial charge in [0.2, 0.25) is 10.0 Å². The average molecular weight is 482 g/mol. The van der Waals surface area contributed by atoms with E-state index in [2.05, 4.69) is 5.32 Å². The van der Waals surface area contributed by atoms with Crippen LogP contribution in [0.3, 0.4) is 0 Å². The summed E-state index contributed by atoms with van der Waals surface area (Å²) < 4.78 is 37.9. The van der Waals surface area contributed by atoms with Crippen molar-refractivity contribution in [2.24, 2.45) is 5.73 Å². The Hall–Kier alpha value is -2.80. The number of hydrogen-bond acceptors (Lipinski definition) is 8. The smallest absolute Gasteiger partial charge is 0.338 e. The second-order valence-corrected chi connectivity index (χ2v) is 10.1. The van der Waals surface area contributed by atoms with Crippen molar-refractivity contribution >= 4 is 44.1 Å². The first kappa shape index (κ1) is 23.9. The van der Waals surface area contributed by atoms with Crippen molar-refractivity contribution in [1.82, 2.24) is 4.31 Å². The molecule has 0 aliphatic carbocycles. The van der Waals surface area contributed by atoms with Gasteiger partial charge in [-0.3, -0.25) is 9.59 Å². The number of ether oxygens (including phenoxy) is 2. The number of esters is 1. The number of amides is 2. The fourth-order valence-corrected chi connectivity index (χ4v) is 5.68. The van der Waals surface area contributed by atoms with E-state index in [9.17, 15) is 22.8 Å². The van der Waals surface area contributed by atoms with Gasteiger partial charge in [-0.05, 0) is 43.5 Å². The van der Waals surface area contributed by atoms with Gasteiger partial charge in [-0.1, -0.05) is 6.07 Å². The topological polar surface area (TPSA) is 145 Å². The molecule has 1 aromatic heterocycles. The van der Waals surface area contributed by atoms with Crippen molar-refractivity contribution in [2.45, 2.75) is 31.0 Å². The first-order valence-corrected chi connectivity index (χ1v) is 12.0. The van der Waals surface area contributed by atoms with Gasteiger partial charge in [-0.2, -0.15) is 4.31 Å². The highest BCUT2D eigenvalue weighted by Gasteiger charge is 2.32. The lowest BCUT2D eigenvalue weighted by atomic mass is 10.2. The molecule has 1 aliphatic rings. The maximum Gasteiger partial charge on any atom is 0.338 e. The Kier molecular flexibility index (Phi) is 7.29. The number of carbonyl (C=O) groups is 3. The molecule has 1 fully saturated rings.